The lowest BCUT2D eigenvalue weighted by Crippen LogP contribution is -2.36. The van der Waals surface area contributed by atoms with Crippen molar-refractivity contribution in [3.8, 4) is 0 Å². The Labute approximate surface area is 220 Å². The summed E-state index contributed by atoms with van der Waals surface area (Å²) in [6.07, 6.45) is -5.59. The van der Waals surface area contributed by atoms with E-state index in [0.29, 0.717) is 0 Å². The zero-order valence-corrected chi connectivity index (χ0v) is 23.3. The summed E-state index contributed by atoms with van der Waals surface area (Å²) in [7, 11) is -16.9. The number of hydrogen-bond donors (Lipinski definition) is 7. The van der Waals surface area contributed by atoms with E-state index in [-0.39, 0.29) is 12.1 Å². The summed E-state index contributed by atoms with van der Waals surface area (Å²) >= 11 is 0. The molecule has 1 aromatic carbocycles. The van der Waals surface area contributed by atoms with Crippen molar-refractivity contribution in [3.63, 3.8) is 0 Å². The first-order chi connectivity index (χ1) is 17.8. The van der Waals surface area contributed by atoms with Crippen LogP contribution in [-0.4, -0.2) is 64.3 Å². The molecular formula is C19H27N2O15P3. The molecule has 1 saturated heterocycles. The van der Waals surface area contributed by atoms with E-state index in [1.807, 2.05) is 32.9 Å². The normalized spacial score (nSPS) is 24.8. The maximum atomic E-state index is 12.5. The number of rotatable bonds is 10. The van der Waals surface area contributed by atoms with Crippen molar-refractivity contribution in [2.75, 3.05) is 6.61 Å². The van der Waals surface area contributed by atoms with Crippen LogP contribution in [0.4, 0.5) is 0 Å². The molecule has 0 radical (unpaired) electrons. The maximum absolute atomic E-state index is 12.5. The first kappa shape index (κ1) is 31.7. The van der Waals surface area contributed by atoms with E-state index in [2.05, 4.69) is 18.1 Å². The molecule has 0 saturated carbocycles. The average Bonchev–Trinajstić information content (AvgIpc) is 3.02. The number of benzene rings is 1. The number of aliphatic hydroxyl groups is 2. The standard InChI is InChI=1S/C19H27N2O15P3/c1-9-4-10(2)12(11(3)5-9)6-21-7-13(18(24)20-19(21)25)17-16(23)15(22)14(34-17)8-33-38(29,30)36-39(31,32)35-37(26,27)28/h4-5,7,14-17,22-23H,6,8H2,1-3H3,(H,29,30)(H,31,32)(H,20,24,25)(H2,26,27,28)/t14-,15-,16-,17+/m1/s1. The largest absolute Gasteiger partial charge is 0.490 e. The smallest absolute Gasteiger partial charge is 0.387 e. The van der Waals surface area contributed by atoms with Crippen LogP contribution in [-0.2, 0) is 38.1 Å². The Morgan fingerprint density at radius 3 is 2.10 bits per heavy atom. The van der Waals surface area contributed by atoms with Crippen LogP contribution in [0.2, 0.25) is 0 Å². The van der Waals surface area contributed by atoms with E-state index >= 15 is 0 Å². The van der Waals surface area contributed by atoms with Gasteiger partial charge in [-0.2, -0.15) is 8.62 Å². The molecule has 0 amide bonds. The monoisotopic (exact) mass is 616 g/mol. The lowest BCUT2D eigenvalue weighted by molar-refractivity contribution is -0.0228. The quantitative estimate of drug-likeness (QED) is 0.173. The average molecular weight is 616 g/mol. The molecular weight excluding hydrogens is 589 g/mol. The van der Waals surface area contributed by atoms with Crippen molar-refractivity contribution < 1.29 is 61.4 Å². The Bertz CT molecular complexity index is 1470. The minimum atomic E-state index is -5.77. The number of hydrogen-bond acceptors (Lipinski definition) is 11. The van der Waals surface area contributed by atoms with Crippen LogP contribution in [0.25, 0.3) is 0 Å². The molecule has 39 heavy (non-hydrogen) atoms. The van der Waals surface area contributed by atoms with E-state index in [0.717, 1.165) is 28.5 Å². The summed E-state index contributed by atoms with van der Waals surface area (Å²) in [5, 5.41) is 20.8. The minimum absolute atomic E-state index is 0.0569. The molecule has 0 aliphatic carbocycles. The Morgan fingerprint density at radius 1 is 0.949 bits per heavy atom. The van der Waals surface area contributed by atoms with Gasteiger partial charge in [-0.15, -0.1) is 0 Å². The number of ether oxygens (including phenoxy) is 1. The van der Waals surface area contributed by atoms with Crippen LogP contribution >= 0.6 is 23.5 Å². The molecule has 1 aromatic heterocycles. The van der Waals surface area contributed by atoms with Crippen LogP contribution < -0.4 is 11.2 Å². The first-order valence-corrected chi connectivity index (χ1v) is 15.5. The molecule has 3 rings (SSSR count). The van der Waals surface area contributed by atoms with Gasteiger partial charge < -0.3 is 34.5 Å². The summed E-state index contributed by atoms with van der Waals surface area (Å²) in [6, 6.07) is 3.84. The Balaban J connectivity index is 1.79. The van der Waals surface area contributed by atoms with Gasteiger partial charge in [0.25, 0.3) is 5.56 Å². The van der Waals surface area contributed by atoms with E-state index in [9.17, 15) is 43.3 Å². The number of nitrogens with zero attached hydrogens (tertiary/aromatic N) is 1. The topological polar surface area (TPSA) is 264 Å². The van der Waals surface area contributed by atoms with Gasteiger partial charge in [-0.1, -0.05) is 17.7 Å². The fraction of sp³-hybridized carbons (Fsp3) is 0.474. The van der Waals surface area contributed by atoms with E-state index < -0.39 is 65.7 Å². The summed E-state index contributed by atoms with van der Waals surface area (Å²) in [6.45, 7) is 4.63. The number of phosphoric ester groups is 1. The number of nitrogens with one attached hydrogen (secondary N) is 1. The molecule has 20 heteroatoms. The third-order valence-electron chi connectivity index (χ3n) is 5.69. The number of phosphoric acid groups is 3. The van der Waals surface area contributed by atoms with Gasteiger partial charge >= 0.3 is 29.2 Å². The SMILES string of the molecule is Cc1cc(C)c(Cn2cc([C@@H]3O[C@H](COP(=O)(O)OP(=O)(O)OP(=O)(O)O)[C@@H](O)[C@H]3O)c(=O)[nH]c2=O)c(C)c1. The summed E-state index contributed by atoms with van der Waals surface area (Å²) in [5.41, 5.74) is 1.67. The second-order valence-corrected chi connectivity index (χ2v) is 13.2. The number of aromatic nitrogens is 2. The molecule has 0 spiro atoms. The molecule has 2 heterocycles. The second kappa shape index (κ2) is 11.6. The highest BCUT2D eigenvalue weighted by Gasteiger charge is 2.47. The van der Waals surface area contributed by atoms with Crippen LogP contribution in [0.1, 0.15) is 33.9 Å². The van der Waals surface area contributed by atoms with Crippen molar-refractivity contribution in [2.45, 2.75) is 51.7 Å². The van der Waals surface area contributed by atoms with Crippen LogP contribution in [0.3, 0.4) is 0 Å². The number of H-pyrrole nitrogens is 1. The van der Waals surface area contributed by atoms with Gasteiger partial charge in [0.1, 0.15) is 24.4 Å². The zero-order valence-electron chi connectivity index (χ0n) is 20.6. The van der Waals surface area contributed by atoms with Crippen molar-refractivity contribution in [1.82, 2.24) is 9.55 Å². The predicted octanol–water partition coefficient (Wildman–Crippen LogP) is 0.0152. The second-order valence-electron chi connectivity index (χ2n) is 8.81. The lowest BCUT2D eigenvalue weighted by atomic mass is 9.99. The molecule has 2 unspecified atom stereocenters. The van der Waals surface area contributed by atoms with Crippen molar-refractivity contribution >= 4 is 23.5 Å². The van der Waals surface area contributed by atoms with Crippen molar-refractivity contribution in [2.24, 2.45) is 0 Å². The van der Waals surface area contributed by atoms with Crippen molar-refractivity contribution in [3.05, 3.63) is 67.0 Å². The molecule has 2 aromatic rings. The lowest BCUT2D eigenvalue weighted by Gasteiger charge is -2.19. The zero-order chi connectivity index (χ0) is 29.5. The highest BCUT2D eigenvalue weighted by Crippen LogP contribution is 2.66. The Hall–Kier alpha value is -1.81. The van der Waals surface area contributed by atoms with Gasteiger partial charge in [0, 0.05) is 6.20 Å². The van der Waals surface area contributed by atoms with Gasteiger partial charge in [0.2, 0.25) is 0 Å². The van der Waals surface area contributed by atoms with Crippen LogP contribution in [0.5, 0.6) is 0 Å². The molecule has 1 aliphatic heterocycles. The third-order valence-corrected chi connectivity index (χ3v) is 9.50. The number of aryl methyl sites for hydroxylation is 3. The third kappa shape index (κ3) is 8.12. The Kier molecular flexibility index (Phi) is 9.42. The van der Waals surface area contributed by atoms with Gasteiger partial charge in [-0.25, -0.2) is 18.5 Å². The first-order valence-electron chi connectivity index (χ1n) is 11.0. The summed E-state index contributed by atoms with van der Waals surface area (Å²) < 4.78 is 52.3. The van der Waals surface area contributed by atoms with Gasteiger partial charge in [-0.3, -0.25) is 18.9 Å². The van der Waals surface area contributed by atoms with E-state index in [4.69, 9.17) is 14.5 Å². The highest BCUT2D eigenvalue weighted by atomic mass is 31.3. The fourth-order valence-corrected chi connectivity index (χ4v) is 7.12. The predicted molar refractivity (Wildman–Crippen MR) is 131 cm³/mol. The molecule has 218 valence electrons. The van der Waals surface area contributed by atoms with E-state index in [1.165, 1.54) is 4.57 Å². The Morgan fingerprint density at radius 2 is 1.54 bits per heavy atom. The van der Waals surface area contributed by atoms with Gasteiger partial charge in [0.05, 0.1) is 18.7 Å². The van der Waals surface area contributed by atoms with Crippen molar-refractivity contribution in [1.29, 1.82) is 0 Å². The molecule has 7 N–H and O–H groups in total. The van der Waals surface area contributed by atoms with Gasteiger partial charge in [-0.05, 0) is 37.5 Å². The van der Waals surface area contributed by atoms with E-state index in [1.54, 1.807) is 0 Å². The number of aliphatic hydroxyl groups excluding tert-OH is 2. The molecule has 6 atom stereocenters. The van der Waals surface area contributed by atoms with Gasteiger partial charge in [0.15, 0.2) is 0 Å². The fourth-order valence-electron chi connectivity index (χ4n) is 4.09. The highest BCUT2D eigenvalue weighted by molar-refractivity contribution is 7.66. The molecule has 0 bridgehead atoms. The minimum Gasteiger partial charge on any atom is -0.387 e. The summed E-state index contributed by atoms with van der Waals surface area (Å²) in [5.74, 6) is 0. The van der Waals surface area contributed by atoms with Crippen LogP contribution in [0, 0.1) is 20.8 Å². The molecule has 17 nitrogen and oxygen atoms in total. The molecule has 1 fully saturated rings. The summed E-state index contributed by atoms with van der Waals surface area (Å²) in [4.78, 5) is 63.1. The number of aromatic amines is 1. The van der Waals surface area contributed by atoms with Crippen LogP contribution in [0.15, 0.2) is 27.9 Å². The maximum Gasteiger partial charge on any atom is 0.490 e. The molecule has 1 aliphatic rings.